The zero-order valence-corrected chi connectivity index (χ0v) is 26.3. The van der Waals surface area contributed by atoms with Gasteiger partial charge in [0.25, 0.3) is 0 Å². The molecule has 0 spiro atoms. The van der Waals surface area contributed by atoms with Gasteiger partial charge >= 0.3 is 0 Å². The van der Waals surface area contributed by atoms with Crippen molar-refractivity contribution in [1.29, 1.82) is 0 Å². The van der Waals surface area contributed by atoms with Crippen LogP contribution in [0.15, 0.2) is 192 Å². The van der Waals surface area contributed by atoms with Crippen LogP contribution in [0.3, 0.4) is 0 Å². The van der Waals surface area contributed by atoms with E-state index < -0.39 is 0 Å². The van der Waals surface area contributed by atoms with E-state index in [1.165, 1.54) is 21.9 Å². The van der Waals surface area contributed by atoms with Crippen LogP contribution in [0.25, 0.3) is 66.1 Å². The van der Waals surface area contributed by atoms with Crippen molar-refractivity contribution in [3.8, 4) is 33.4 Å². The first-order chi connectivity index (χ1) is 23.8. The van der Waals surface area contributed by atoms with Gasteiger partial charge in [0.05, 0.1) is 11.4 Å². The molecule has 0 fully saturated rings. The third-order valence-electron chi connectivity index (χ3n) is 9.28. The Bertz CT molecular complexity index is 2540. The monoisotopic (exact) mass is 613 g/mol. The van der Waals surface area contributed by atoms with Gasteiger partial charge in [0, 0.05) is 27.4 Å². The minimum absolute atomic E-state index is 0.881. The SMILES string of the molecule is c1ccc(-c2ccc(N(c3cccc(-c4ccccc4)c3-c3cccc4oc5ccccc5c34)c3cccc4ccccc34)cc2)cc1. The number of hydrogen-bond acceptors (Lipinski definition) is 2. The van der Waals surface area contributed by atoms with E-state index in [0.29, 0.717) is 0 Å². The molecule has 2 heteroatoms. The maximum Gasteiger partial charge on any atom is 0.136 e. The lowest BCUT2D eigenvalue weighted by molar-refractivity contribution is 0.669. The largest absolute Gasteiger partial charge is 0.456 e. The molecule has 0 radical (unpaired) electrons. The first kappa shape index (κ1) is 27.9. The topological polar surface area (TPSA) is 16.4 Å². The maximum atomic E-state index is 6.43. The van der Waals surface area contributed by atoms with Crippen molar-refractivity contribution in [3.63, 3.8) is 0 Å². The van der Waals surface area contributed by atoms with E-state index in [1.807, 2.05) is 6.07 Å². The Morgan fingerprint density at radius 1 is 0.354 bits per heavy atom. The van der Waals surface area contributed by atoms with Crippen LogP contribution in [0.4, 0.5) is 17.1 Å². The van der Waals surface area contributed by atoms with Gasteiger partial charge in [-0.25, -0.2) is 0 Å². The number of rotatable bonds is 6. The molecule has 9 aromatic rings. The highest BCUT2D eigenvalue weighted by atomic mass is 16.3. The number of anilines is 3. The Hall–Kier alpha value is -6.38. The fourth-order valence-corrected chi connectivity index (χ4v) is 7.10. The molecule has 0 bridgehead atoms. The molecular formula is C46H31NO. The van der Waals surface area contributed by atoms with Crippen molar-refractivity contribution >= 4 is 49.8 Å². The Balaban J connectivity index is 1.37. The number of nitrogens with zero attached hydrogens (tertiary/aromatic N) is 1. The fraction of sp³-hybridized carbons (Fsp3) is 0. The van der Waals surface area contributed by atoms with Crippen molar-refractivity contribution in [2.75, 3.05) is 4.90 Å². The standard InChI is InChI=1S/C46H31NO/c1-3-14-32(15-4-1)33-28-30-36(31-29-33)47(41-24-11-19-34-18-7-8-20-37(34)41)42-25-12-22-38(35-16-5-2-6-17-35)45(42)40-23-13-27-44-46(40)39-21-9-10-26-43(39)48-44/h1-31H. The van der Waals surface area contributed by atoms with E-state index in [4.69, 9.17) is 4.42 Å². The number of para-hydroxylation sites is 1. The molecule has 0 aliphatic heterocycles. The van der Waals surface area contributed by atoms with Gasteiger partial charge in [-0.05, 0) is 69.6 Å². The lowest BCUT2D eigenvalue weighted by Gasteiger charge is -2.30. The maximum absolute atomic E-state index is 6.43. The molecule has 2 nitrogen and oxygen atoms in total. The summed E-state index contributed by atoms with van der Waals surface area (Å²) < 4.78 is 6.43. The van der Waals surface area contributed by atoms with Gasteiger partial charge in [-0.15, -0.1) is 0 Å². The van der Waals surface area contributed by atoms with Gasteiger partial charge in [-0.3, -0.25) is 0 Å². The number of furan rings is 1. The van der Waals surface area contributed by atoms with E-state index in [-0.39, 0.29) is 0 Å². The lowest BCUT2D eigenvalue weighted by atomic mass is 9.89. The highest BCUT2D eigenvalue weighted by Crippen LogP contribution is 2.49. The van der Waals surface area contributed by atoms with Crippen molar-refractivity contribution in [1.82, 2.24) is 0 Å². The first-order valence-corrected chi connectivity index (χ1v) is 16.4. The summed E-state index contributed by atoms with van der Waals surface area (Å²) in [6.45, 7) is 0. The van der Waals surface area contributed by atoms with E-state index in [9.17, 15) is 0 Å². The number of fused-ring (bicyclic) bond motifs is 4. The molecule has 0 amide bonds. The second kappa shape index (κ2) is 11.8. The summed E-state index contributed by atoms with van der Waals surface area (Å²) in [6, 6.07) is 66.9. The molecule has 1 aromatic heterocycles. The summed E-state index contributed by atoms with van der Waals surface area (Å²) in [6.07, 6.45) is 0. The third kappa shape index (κ3) is 4.74. The second-order valence-corrected chi connectivity index (χ2v) is 12.1. The summed E-state index contributed by atoms with van der Waals surface area (Å²) in [5.41, 5.74) is 12.1. The number of benzene rings is 8. The van der Waals surface area contributed by atoms with Crippen molar-refractivity contribution in [2.45, 2.75) is 0 Å². The van der Waals surface area contributed by atoms with E-state index in [1.54, 1.807) is 0 Å². The summed E-state index contributed by atoms with van der Waals surface area (Å²) >= 11 is 0. The van der Waals surface area contributed by atoms with Gasteiger partial charge in [-0.2, -0.15) is 0 Å². The van der Waals surface area contributed by atoms with Crippen LogP contribution in [-0.4, -0.2) is 0 Å². The van der Waals surface area contributed by atoms with E-state index in [0.717, 1.165) is 61.3 Å². The molecule has 1 heterocycles. The average Bonchev–Trinajstić information content (AvgIpc) is 3.55. The molecule has 0 saturated carbocycles. The smallest absolute Gasteiger partial charge is 0.136 e. The van der Waals surface area contributed by atoms with Gasteiger partial charge in [-0.1, -0.05) is 152 Å². The van der Waals surface area contributed by atoms with Crippen LogP contribution in [-0.2, 0) is 0 Å². The van der Waals surface area contributed by atoms with E-state index in [2.05, 4.69) is 187 Å². The minimum Gasteiger partial charge on any atom is -0.456 e. The zero-order chi connectivity index (χ0) is 31.9. The molecule has 0 unspecified atom stereocenters. The van der Waals surface area contributed by atoms with Crippen molar-refractivity contribution < 1.29 is 4.42 Å². The van der Waals surface area contributed by atoms with Crippen LogP contribution in [0, 0.1) is 0 Å². The molecule has 0 aliphatic rings. The van der Waals surface area contributed by atoms with Crippen LogP contribution < -0.4 is 4.90 Å². The molecule has 226 valence electrons. The van der Waals surface area contributed by atoms with Gasteiger partial charge in [0.1, 0.15) is 11.2 Å². The molecule has 8 aromatic carbocycles. The third-order valence-corrected chi connectivity index (χ3v) is 9.28. The molecule has 48 heavy (non-hydrogen) atoms. The quantitative estimate of drug-likeness (QED) is 0.185. The van der Waals surface area contributed by atoms with Gasteiger partial charge in [0.2, 0.25) is 0 Å². The molecule has 0 aliphatic carbocycles. The Kier molecular flexibility index (Phi) is 6.84. The Morgan fingerprint density at radius 2 is 0.917 bits per heavy atom. The van der Waals surface area contributed by atoms with Crippen LogP contribution in [0.2, 0.25) is 0 Å². The molecule has 0 N–H and O–H groups in total. The molecule has 0 atom stereocenters. The van der Waals surface area contributed by atoms with Crippen molar-refractivity contribution in [3.05, 3.63) is 188 Å². The van der Waals surface area contributed by atoms with Crippen LogP contribution >= 0.6 is 0 Å². The zero-order valence-electron chi connectivity index (χ0n) is 26.3. The van der Waals surface area contributed by atoms with Gasteiger partial charge < -0.3 is 9.32 Å². The van der Waals surface area contributed by atoms with E-state index >= 15 is 0 Å². The van der Waals surface area contributed by atoms with Gasteiger partial charge in [0.15, 0.2) is 0 Å². The van der Waals surface area contributed by atoms with Crippen molar-refractivity contribution in [2.24, 2.45) is 0 Å². The first-order valence-electron chi connectivity index (χ1n) is 16.4. The average molecular weight is 614 g/mol. The second-order valence-electron chi connectivity index (χ2n) is 12.1. The fourth-order valence-electron chi connectivity index (χ4n) is 7.10. The summed E-state index contributed by atoms with van der Waals surface area (Å²) in [7, 11) is 0. The summed E-state index contributed by atoms with van der Waals surface area (Å²) in [4.78, 5) is 2.43. The number of hydrogen-bond donors (Lipinski definition) is 0. The minimum atomic E-state index is 0.881. The molecule has 0 saturated heterocycles. The molecule has 9 rings (SSSR count). The lowest BCUT2D eigenvalue weighted by Crippen LogP contribution is -2.12. The predicted octanol–water partition coefficient (Wildman–Crippen LogP) is 13.2. The normalized spacial score (nSPS) is 11.3. The Labute approximate surface area is 279 Å². The Morgan fingerprint density at radius 3 is 1.73 bits per heavy atom. The molecular weight excluding hydrogens is 583 g/mol. The predicted molar refractivity (Wildman–Crippen MR) is 202 cm³/mol. The summed E-state index contributed by atoms with van der Waals surface area (Å²) in [5, 5.41) is 4.62. The van der Waals surface area contributed by atoms with Crippen LogP contribution in [0.1, 0.15) is 0 Å². The summed E-state index contributed by atoms with van der Waals surface area (Å²) in [5.74, 6) is 0. The highest BCUT2D eigenvalue weighted by Gasteiger charge is 2.24. The highest BCUT2D eigenvalue weighted by molar-refractivity contribution is 6.16. The van der Waals surface area contributed by atoms with Crippen LogP contribution in [0.5, 0.6) is 0 Å².